The largest absolute Gasteiger partial charge is 0.494 e. The molecule has 0 saturated carbocycles. The van der Waals surface area contributed by atoms with Crippen molar-refractivity contribution in [3.05, 3.63) is 113 Å². The maximum Gasteiger partial charge on any atom is 0.410 e. The smallest absolute Gasteiger partial charge is 0.410 e. The van der Waals surface area contributed by atoms with Crippen LogP contribution in [0.1, 0.15) is 74.8 Å². The van der Waals surface area contributed by atoms with Gasteiger partial charge in [0.05, 0.1) is 12.6 Å². The van der Waals surface area contributed by atoms with E-state index >= 15 is 0 Å². The summed E-state index contributed by atoms with van der Waals surface area (Å²) in [6.07, 6.45) is -0.853. The third-order valence-electron chi connectivity index (χ3n) is 9.72. The predicted octanol–water partition coefficient (Wildman–Crippen LogP) is 7.71. The topological polar surface area (TPSA) is 115 Å². The molecule has 0 bridgehead atoms. The Bertz CT molecular complexity index is 1920. The first-order chi connectivity index (χ1) is 24.5. The van der Waals surface area contributed by atoms with Crippen molar-refractivity contribution >= 4 is 18.1 Å². The molecule has 1 atom stereocenters. The van der Waals surface area contributed by atoms with Gasteiger partial charge in [0.2, 0.25) is 5.91 Å². The number of piperidine rings is 1. The Morgan fingerprint density at radius 3 is 2.08 bits per heavy atom. The molecule has 264 valence electrons. The highest BCUT2D eigenvalue weighted by Crippen LogP contribution is 2.46. The lowest BCUT2D eigenvalue weighted by atomic mass is 9.85. The highest BCUT2D eigenvalue weighted by molar-refractivity contribution is 5.91. The van der Waals surface area contributed by atoms with Gasteiger partial charge in [-0.05, 0) is 81.0 Å². The number of carbonyl (C=O) groups excluding carboxylic acids is 3. The van der Waals surface area contributed by atoms with Crippen LogP contribution in [-0.2, 0) is 14.3 Å². The molecule has 2 N–H and O–H groups in total. The van der Waals surface area contributed by atoms with E-state index in [-0.39, 0.29) is 44.4 Å². The van der Waals surface area contributed by atoms with Gasteiger partial charge >= 0.3 is 12.2 Å². The first-order valence-corrected chi connectivity index (χ1v) is 17.5. The summed E-state index contributed by atoms with van der Waals surface area (Å²) in [6.45, 7) is 8.35. The standard InChI is InChI=1S/C41H43N3O7/c1-5-48-26-18-19-32-35(24-26)50-34-17-11-10-16-31(34)36(32)42-37(45)41(20-22-44(23-21-41)39(47)51-40(2,3)4)43-38(46)49-25-33-29-14-8-6-12-27(29)28-13-7-9-15-30(28)33/h6-19,24,33,36H,5,20-23,25H2,1-4H3,(H,42,45)(H,43,46). The summed E-state index contributed by atoms with van der Waals surface area (Å²) in [7, 11) is 0. The Balaban J connectivity index is 1.14. The van der Waals surface area contributed by atoms with Crippen LogP contribution in [0.2, 0.25) is 0 Å². The highest BCUT2D eigenvalue weighted by Gasteiger charge is 2.46. The van der Waals surface area contributed by atoms with Gasteiger partial charge in [0, 0.05) is 36.2 Å². The molecule has 51 heavy (non-hydrogen) atoms. The summed E-state index contributed by atoms with van der Waals surface area (Å²) in [5.74, 6) is 1.31. The molecule has 2 aliphatic heterocycles. The van der Waals surface area contributed by atoms with E-state index in [1.54, 1.807) is 4.90 Å². The van der Waals surface area contributed by atoms with E-state index in [0.717, 1.165) is 33.4 Å². The summed E-state index contributed by atoms with van der Waals surface area (Å²) in [6, 6.07) is 28.8. The fraction of sp³-hybridized carbons (Fsp3) is 0.341. The second kappa shape index (κ2) is 13.7. The quantitative estimate of drug-likeness (QED) is 0.204. The highest BCUT2D eigenvalue weighted by atomic mass is 16.6. The predicted molar refractivity (Wildman–Crippen MR) is 192 cm³/mol. The molecule has 1 aliphatic carbocycles. The van der Waals surface area contributed by atoms with Gasteiger partial charge in [0.1, 0.15) is 35.0 Å². The minimum Gasteiger partial charge on any atom is -0.494 e. The lowest BCUT2D eigenvalue weighted by Gasteiger charge is -2.42. The number of rotatable bonds is 7. The molecule has 3 amide bonds. The number of ether oxygens (including phenoxy) is 4. The molecule has 3 aliphatic rings. The summed E-state index contributed by atoms with van der Waals surface area (Å²) >= 11 is 0. The Labute approximate surface area is 298 Å². The number of nitrogens with one attached hydrogen (secondary N) is 2. The van der Waals surface area contributed by atoms with E-state index < -0.39 is 29.4 Å². The zero-order valence-corrected chi connectivity index (χ0v) is 29.4. The second-order valence-corrected chi connectivity index (χ2v) is 14.2. The molecule has 7 rings (SSSR count). The van der Waals surface area contributed by atoms with Gasteiger partial charge < -0.3 is 34.5 Å². The number of hydrogen-bond acceptors (Lipinski definition) is 7. The maximum absolute atomic E-state index is 14.6. The number of carbonyl (C=O) groups is 3. The number of fused-ring (bicyclic) bond motifs is 5. The van der Waals surface area contributed by atoms with E-state index in [0.29, 0.717) is 23.9 Å². The fourth-order valence-corrected chi connectivity index (χ4v) is 7.26. The van der Waals surface area contributed by atoms with E-state index in [9.17, 15) is 14.4 Å². The summed E-state index contributed by atoms with van der Waals surface area (Å²) in [5.41, 5.74) is 3.92. The summed E-state index contributed by atoms with van der Waals surface area (Å²) in [5, 5.41) is 6.21. The van der Waals surface area contributed by atoms with Gasteiger partial charge in [-0.3, -0.25) is 4.79 Å². The molecular weight excluding hydrogens is 646 g/mol. The van der Waals surface area contributed by atoms with Crippen LogP contribution in [0.4, 0.5) is 9.59 Å². The van der Waals surface area contributed by atoms with Crippen LogP contribution < -0.4 is 20.1 Å². The van der Waals surface area contributed by atoms with Crippen molar-refractivity contribution in [1.82, 2.24) is 15.5 Å². The minimum absolute atomic E-state index is 0.102. The third kappa shape index (κ3) is 6.82. The van der Waals surface area contributed by atoms with E-state index in [1.165, 1.54) is 0 Å². The number of likely N-dealkylation sites (tertiary alicyclic amines) is 1. The van der Waals surface area contributed by atoms with E-state index in [4.69, 9.17) is 18.9 Å². The second-order valence-electron chi connectivity index (χ2n) is 14.2. The lowest BCUT2D eigenvalue weighted by Crippen LogP contribution is -2.64. The Morgan fingerprint density at radius 1 is 0.824 bits per heavy atom. The normalized spacial score (nSPS) is 17.1. The molecule has 0 spiro atoms. The minimum atomic E-state index is -1.38. The number of benzene rings is 4. The third-order valence-corrected chi connectivity index (χ3v) is 9.72. The van der Waals surface area contributed by atoms with Crippen LogP contribution in [0.5, 0.6) is 17.2 Å². The van der Waals surface area contributed by atoms with Crippen molar-refractivity contribution in [2.24, 2.45) is 0 Å². The molecule has 1 saturated heterocycles. The van der Waals surface area contributed by atoms with Crippen molar-refractivity contribution < 1.29 is 33.3 Å². The lowest BCUT2D eigenvalue weighted by molar-refractivity contribution is -0.130. The summed E-state index contributed by atoms with van der Waals surface area (Å²) < 4.78 is 23.5. The SMILES string of the molecule is CCOc1ccc2c(c1)Oc1ccccc1C2NC(=O)C1(NC(=O)OCC2c3ccccc3-c3ccccc32)CCN(C(=O)OC(C)(C)C)CC1. The van der Waals surface area contributed by atoms with Gasteiger partial charge in [-0.25, -0.2) is 9.59 Å². The van der Waals surface area contributed by atoms with Crippen molar-refractivity contribution in [2.75, 3.05) is 26.3 Å². The average molecular weight is 690 g/mol. The number of nitrogens with zero attached hydrogens (tertiary/aromatic N) is 1. The zero-order valence-electron chi connectivity index (χ0n) is 29.4. The molecule has 2 heterocycles. The molecule has 4 aromatic carbocycles. The average Bonchev–Trinajstić information content (AvgIpc) is 3.43. The van der Waals surface area contributed by atoms with E-state index in [1.807, 2.05) is 94.4 Å². The molecular formula is C41H43N3O7. The Hall–Kier alpha value is -5.51. The number of hydrogen-bond donors (Lipinski definition) is 2. The molecule has 10 heteroatoms. The van der Waals surface area contributed by atoms with Gasteiger partial charge in [-0.1, -0.05) is 66.7 Å². The maximum atomic E-state index is 14.6. The van der Waals surface area contributed by atoms with Crippen molar-refractivity contribution in [3.63, 3.8) is 0 Å². The van der Waals surface area contributed by atoms with Crippen LogP contribution >= 0.6 is 0 Å². The fourth-order valence-electron chi connectivity index (χ4n) is 7.26. The molecule has 0 aromatic heterocycles. The van der Waals surface area contributed by atoms with Crippen molar-refractivity contribution in [3.8, 4) is 28.4 Å². The molecule has 1 unspecified atom stereocenters. The van der Waals surface area contributed by atoms with Crippen LogP contribution in [0.15, 0.2) is 91.0 Å². The van der Waals surface area contributed by atoms with E-state index in [2.05, 4.69) is 34.9 Å². The monoisotopic (exact) mass is 689 g/mol. The Morgan fingerprint density at radius 2 is 1.43 bits per heavy atom. The molecule has 10 nitrogen and oxygen atoms in total. The Kier molecular flexibility index (Phi) is 9.10. The van der Waals surface area contributed by atoms with Gasteiger partial charge in [-0.2, -0.15) is 0 Å². The number of para-hydroxylation sites is 1. The van der Waals surface area contributed by atoms with Crippen molar-refractivity contribution in [2.45, 2.75) is 63.6 Å². The van der Waals surface area contributed by atoms with Crippen LogP contribution in [-0.4, -0.2) is 60.4 Å². The zero-order chi connectivity index (χ0) is 35.8. The molecule has 0 radical (unpaired) electrons. The summed E-state index contributed by atoms with van der Waals surface area (Å²) in [4.78, 5) is 42.9. The van der Waals surface area contributed by atoms with Crippen molar-refractivity contribution in [1.29, 1.82) is 0 Å². The number of alkyl carbamates (subject to hydrolysis) is 1. The first-order valence-electron chi connectivity index (χ1n) is 17.5. The molecule has 4 aromatic rings. The van der Waals surface area contributed by atoms with Crippen LogP contribution in [0, 0.1) is 0 Å². The van der Waals surface area contributed by atoms with Gasteiger partial charge in [0.25, 0.3) is 0 Å². The van der Waals surface area contributed by atoms with Gasteiger partial charge in [0.15, 0.2) is 0 Å². The van der Waals surface area contributed by atoms with Gasteiger partial charge in [-0.15, -0.1) is 0 Å². The first kappa shape index (κ1) is 34.0. The van der Waals surface area contributed by atoms with Crippen LogP contribution in [0.3, 0.4) is 0 Å². The van der Waals surface area contributed by atoms with Crippen LogP contribution in [0.25, 0.3) is 11.1 Å². The molecule has 1 fully saturated rings. The number of amides is 3.